The number of hydrogen-bond donors (Lipinski definition) is 2. The molecule has 0 bridgehead atoms. The molecule has 1 heterocycles. The number of carbonyl (C=O) groups excluding carboxylic acids is 3. The molecule has 1 saturated carbocycles. The fourth-order valence-electron chi connectivity index (χ4n) is 4.15. The molecule has 8 heteroatoms. The third-order valence-electron chi connectivity index (χ3n) is 5.89. The van der Waals surface area contributed by atoms with Gasteiger partial charge in [-0.05, 0) is 49.6 Å². The summed E-state index contributed by atoms with van der Waals surface area (Å²) >= 11 is 0. The van der Waals surface area contributed by atoms with Crippen molar-refractivity contribution in [3.05, 3.63) is 59.2 Å². The van der Waals surface area contributed by atoms with E-state index in [0.717, 1.165) is 18.4 Å². The number of methoxy groups -OCH3 is 2. The number of fused-ring (bicyclic) bond motifs is 1. The molecule has 168 valence electrons. The van der Waals surface area contributed by atoms with E-state index in [2.05, 4.69) is 10.6 Å². The largest absolute Gasteiger partial charge is 0.497 e. The second-order valence-electron chi connectivity index (χ2n) is 8.05. The van der Waals surface area contributed by atoms with Crippen molar-refractivity contribution in [2.45, 2.75) is 37.9 Å². The molecule has 2 atom stereocenters. The van der Waals surface area contributed by atoms with Gasteiger partial charge >= 0.3 is 0 Å². The van der Waals surface area contributed by atoms with Crippen LogP contribution in [0.4, 0.5) is 0 Å². The first-order chi connectivity index (χ1) is 15.4. The molecule has 32 heavy (non-hydrogen) atoms. The Morgan fingerprint density at radius 2 is 1.88 bits per heavy atom. The first kappa shape index (κ1) is 21.7. The molecule has 2 aromatic carbocycles. The summed E-state index contributed by atoms with van der Waals surface area (Å²) < 4.78 is 10.6. The molecule has 0 radical (unpaired) electrons. The topological polar surface area (TPSA) is 97.0 Å². The van der Waals surface area contributed by atoms with Gasteiger partial charge in [-0.15, -0.1) is 0 Å². The molecule has 2 N–H and O–H groups in total. The Morgan fingerprint density at radius 1 is 1.12 bits per heavy atom. The zero-order valence-electron chi connectivity index (χ0n) is 18.4. The predicted octanol–water partition coefficient (Wildman–Crippen LogP) is 2.36. The third kappa shape index (κ3) is 4.12. The Kier molecular flexibility index (Phi) is 6.03. The average Bonchev–Trinajstić information content (AvgIpc) is 3.60. The van der Waals surface area contributed by atoms with Crippen molar-refractivity contribution < 1.29 is 23.9 Å². The quantitative estimate of drug-likeness (QED) is 0.661. The van der Waals surface area contributed by atoms with Crippen LogP contribution < -0.4 is 20.1 Å². The summed E-state index contributed by atoms with van der Waals surface area (Å²) in [4.78, 5) is 40.0. The molecule has 2 aliphatic rings. The average molecular weight is 437 g/mol. The fourth-order valence-corrected chi connectivity index (χ4v) is 4.15. The first-order valence-corrected chi connectivity index (χ1v) is 10.6. The Bertz CT molecular complexity index is 1050. The number of nitrogens with one attached hydrogen (secondary N) is 2. The maximum absolute atomic E-state index is 13.0. The molecule has 0 saturated heterocycles. The minimum atomic E-state index is -0.699. The van der Waals surface area contributed by atoms with Gasteiger partial charge in [0.25, 0.3) is 5.91 Å². The van der Waals surface area contributed by atoms with Gasteiger partial charge in [-0.2, -0.15) is 0 Å². The van der Waals surface area contributed by atoms with Gasteiger partial charge in [-0.25, -0.2) is 0 Å². The van der Waals surface area contributed by atoms with Crippen LogP contribution in [0.3, 0.4) is 0 Å². The van der Waals surface area contributed by atoms with Gasteiger partial charge in [0.05, 0.1) is 26.8 Å². The van der Waals surface area contributed by atoms with Crippen LogP contribution in [0.15, 0.2) is 42.5 Å². The molecular formula is C24H27N3O5. The number of ether oxygens (including phenoxy) is 2. The van der Waals surface area contributed by atoms with E-state index in [0.29, 0.717) is 22.6 Å². The van der Waals surface area contributed by atoms with Gasteiger partial charge in [0.1, 0.15) is 17.5 Å². The highest BCUT2D eigenvalue weighted by Crippen LogP contribution is 2.41. The Labute approximate surface area is 186 Å². The first-order valence-electron chi connectivity index (χ1n) is 10.6. The minimum Gasteiger partial charge on any atom is -0.497 e. The highest BCUT2D eigenvalue weighted by atomic mass is 16.5. The molecule has 0 aromatic heterocycles. The lowest BCUT2D eigenvalue weighted by Crippen LogP contribution is -2.44. The lowest BCUT2D eigenvalue weighted by molar-refractivity contribution is -0.129. The van der Waals surface area contributed by atoms with Crippen molar-refractivity contribution in [1.29, 1.82) is 0 Å². The molecule has 1 fully saturated rings. The van der Waals surface area contributed by atoms with E-state index in [1.807, 2.05) is 13.0 Å². The Hall–Kier alpha value is -3.55. The lowest BCUT2D eigenvalue weighted by Gasteiger charge is -2.24. The molecule has 2 aromatic rings. The molecule has 2 unspecified atom stereocenters. The summed E-state index contributed by atoms with van der Waals surface area (Å²) in [6.07, 6.45) is 1.79. The number of rotatable bonds is 8. The molecular weight excluding hydrogens is 410 g/mol. The SMILES string of the molecule is COc1ccc(OC)c(C(C)NC(=O)CNC(=O)C2c3ccccc3C(=O)N2C2CC2)c1. The van der Waals surface area contributed by atoms with Gasteiger partial charge in [0.2, 0.25) is 11.8 Å². The van der Waals surface area contributed by atoms with Gasteiger partial charge in [-0.1, -0.05) is 18.2 Å². The maximum Gasteiger partial charge on any atom is 0.255 e. The number of benzene rings is 2. The fraction of sp³-hybridized carbons (Fsp3) is 0.375. The van der Waals surface area contributed by atoms with Crippen molar-refractivity contribution in [3.63, 3.8) is 0 Å². The van der Waals surface area contributed by atoms with E-state index in [9.17, 15) is 14.4 Å². The Balaban J connectivity index is 1.41. The van der Waals surface area contributed by atoms with E-state index in [-0.39, 0.29) is 36.3 Å². The molecule has 8 nitrogen and oxygen atoms in total. The van der Waals surface area contributed by atoms with E-state index in [1.165, 1.54) is 0 Å². The van der Waals surface area contributed by atoms with E-state index < -0.39 is 6.04 Å². The molecule has 1 aliphatic heterocycles. The highest BCUT2D eigenvalue weighted by molar-refractivity contribution is 6.05. The van der Waals surface area contributed by atoms with Crippen LogP contribution >= 0.6 is 0 Å². The van der Waals surface area contributed by atoms with Gasteiger partial charge < -0.3 is 25.0 Å². The second kappa shape index (κ2) is 8.90. The molecule has 3 amide bonds. The van der Waals surface area contributed by atoms with Crippen molar-refractivity contribution >= 4 is 17.7 Å². The second-order valence-corrected chi connectivity index (χ2v) is 8.05. The third-order valence-corrected chi connectivity index (χ3v) is 5.89. The van der Waals surface area contributed by atoms with Crippen LogP contribution in [0, 0.1) is 0 Å². The van der Waals surface area contributed by atoms with Gasteiger partial charge in [0.15, 0.2) is 0 Å². The minimum absolute atomic E-state index is 0.0834. The lowest BCUT2D eigenvalue weighted by atomic mass is 10.0. The van der Waals surface area contributed by atoms with Crippen LogP contribution in [-0.2, 0) is 9.59 Å². The highest BCUT2D eigenvalue weighted by Gasteiger charge is 2.47. The van der Waals surface area contributed by atoms with Gasteiger partial charge in [0, 0.05) is 17.2 Å². The molecule has 1 aliphatic carbocycles. The summed E-state index contributed by atoms with van der Waals surface area (Å²) in [7, 11) is 3.13. The maximum atomic E-state index is 13.0. The normalized spacial score (nSPS) is 18.0. The summed E-state index contributed by atoms with van der Waals surface area (Å²) in [5.41, 5.74) is 2.02. The number of nitrogens with zero attached hydrogens (tertiary/aromatic N) is 1. The summed E-state index contributed by atoms with van der Waals surface area (Å²) in [5.74, 6) is 0.471. The van der Waals surface area contributed by atoms with Crippen LogP contribution in [0.5, 0.6) is 11.5 Å². The van der Waals surface area contributed by atoms with Crippen molar-refractivity contribution in [2.75, 3.05) is 20.8 Å². The van der Waals surface area contributed by atoms with E-state index >= 15 is 0 Å². The smallest absolute Gasteiger partial charge is 0.255 e. The standard InChI is InChI=1S/C24H27N3O5/c1-14(19-12-16(31-2)10-11-20(19)32-3)26-21(28)13-25-23(29)22-17-6-4-5-7-18(17)24(30)27(22)15-8-9-15/h4-7,10-12,14-15,22H,8-9,13H2,1-3H3,(H,25,29)(H,26,28). The van der Waals surface area contributed by atoms with Crippen LogP contribution in [-0.4, -0.2) is 49.4 Å². The number of carbonyl (C=O) groups is 3. The monoisotopic (exact) mass is 437 g/mol. The predicted molar refractivity (Wildman–Crippen MR) is 117 cm³/mol. The zero-order valence-corrected chi connectivity index (χ0v) is 18.4. The van der Waals surface area contributed by atoms with E-state index in [1.54, 1.807) is 55.5 Å². The molecule has 4 rings (SSSR count). The number of hydrogen-bond acceptors (Lipinski definition) is 5. The van der Waals surface area contributed by atoms with Crippen molar-refractivity contribution in [1.82, 2.24) is 15.5 Å². The van der Waals surface area contributed by atoms with Gasteiger partial charge in [-0.3, -0.25) is 14.4 Å². The van der Waals surface area contributed by atoms with Crippen molar-refractivity contribution in [3.8, 4) is 11.5 Å². The summed E-state index contributed by atoms with van der Waals surface area (Å²) in [5, 5.41) is 5.58. The molecule has 0 spiro atoms. The Morgan fingerprint density at radius 3 is 2.56 bits per heavy atom. The van der Waals surface area contributed by atoms with Crippen molar-refractivity contribution in [2.24, 2.45) is 0 Å². The summed E-state index contributed by atoms with van der Waals surface area (Å²) in [6, 6.07) is 11.5. The zero-order chi connectivity index (χ0) is 22.8. The number of amides is 3. The van der Waals surface area contributed by atoms with Crippen LogP contribution in [0.25, 0.3) is 0 Å². The van der Waals surface area contributed by atoms with Crippen LogP contribution in [0.1, 0.15) is 53.3 Å². The van der Waals surface area contributed by atoms with E-state index in [4.69, 9.17) is 9.47 Å². The van der Waals surface area contributed by atoms with Crippen LogP contribution in [0.2, 0.25) is 0 Å². The summed E-state index contributed by atoms with van der Waals surface area (Å²) in [6.45, 7) is 1.64.